The zero-order valence-electron chi connectivity index (χ0n) is 15.0. The maximum absolute atomic E-state index is 6.17. The highest BCUT2D eigenvalue weighted by Crippen LogP contribution is 2.33. The number of aryl methyl sites for hydroxylation is 1. The summed E-state index contributed by atoms with van der Waals surface area (Å²) in [6, 6.07) is 6.48. The van der Waals surface area contributed by atoms with Crippen LogP contribution in [0, 0.1) is 0 Å². The van der Waals surface area contributed by atoms with Crippen molar-refractivity contribution in [2.45, 2.75) is 51.6 Å². The average Bonchev–Trinajstić information content (AvgIpc) is 3.11. The molecule has 0 spiro atoms. The van der Waals surface area contributed by atoms with Crippen molar-refractivity contribution in [2.24, 2.45) is 0 Å². The van der Waals surface area contributed by atoms with E-state index in [1.807, 2.05) is 6.92 Å². The predicted molar refractivity (Wildman–Crippen MR) is 96.1 cm³/mol. The molecule has 2 fully saturated rings. The van der Waals surface area contributed by atoms with Crippen LogP contribution in [0.4, 0.5) is 0 Å². The third-order valence-electron chi connectivity index (χ3n) is 4.95. The number of benzene rings is 1. The molecule has 0 N–H and O–H groups in total. The van der Waals surface area contributed by atoms with Crippen LogP contribution < -0.4 is 9.47 Å². The van der Waals surface area contributed by atoms with Crippen LogP contribution in [0.15, 0.2) is 18.2 Å². The summed E-state index contributed by atoms with van der Waals surface area (Å²) in [7, 11) is 0. The second kappa shape index (κ2) is 9.28. The van der Waals surface area contributed by atoms with Crippen molar-refractivity contribution in [2.75, 3.05) is 39.5 Å². The lowest BCUT2D eigenvalue weighted by molar-refractivity contribution is 0.0374. The minimum atomic E-state index is 0.372. The molecule has 24 heavy (non-hydrogen) atoms. The Hall–Kier alpha value is -1.26. The van der Waals surface area contributed by atoms with Gasteiger partial charge in [0.2, 0.25) is 0 Å². The van der Waals surface area contributed by atoms with Gasteiger partial charge in [-0.2, -0.15) is 0 Å². The Kier molecular flexibility index (Phi) is 6.79. The van der Waals surface area contributed by atoms with Gasteiger partial charge in [-0.1, -0.05) is 6.07 Å². The van der Waals surface area contributed by atoms with Crippen LogP contribution in [0.2, 0.25) is 0 Å². The van der Waals surface area contributed by atoms with E-state index >= 15 is 0 Å². The molecular formula is C20H31NO3. The Morgan fingerprint density at radius 1 is 1.12 bits per heavy atom. The maximum atomic E-state index is 6.17. The van der Waals surface area contributed by atoms with Crippen LogP contribution in [-0.2, 0) is 11.2 Å². The summed E-state index contributed by atoms with van der Waals surface area (Å²) >= 11 is 0. The molecule has 0 aromatic heterocycles. The van der Waals surface area contributed by atoms with E-state index in [1.54, 1.807) is 0 Å². The van der Waals surface area contributed by atoms with E-state index in [9.17, 15) is 0 Å². The summed E-state index contributed by atoms with van der Waals surface area (Å²) in [6.07, 6.45) is 7.55. The van der Waals surface area contributed by atoms with E-state index in [4.69, 9.17) is 14.2 Å². The molecule has 0 amide bonds. The van der Waals surface area contributed by atoms with Gasteiger partial charge in [-0.3, -0.25) is 4.90 Å². The van der Waals surface area contributed by atoms with Crippen LogP contribution in [0.3, 0.4) is 0 Å². The van der Waals surface area contributed by atoms with Gasteiger partial charge >= 0.3 is 0 Å². The molecule has 4 heteroatoms. The fourth-order valence-corrected chi connectivity index (χ4v) is 3.59. The molecule has 1 aliphatic carbocycles. The van der Waals surface area contributed by atoms with Crippen LogP contribution in [0.25, 0.3) is 0 Å². The summed E-state index contributed by atoms with van der Waals surface area (Å²) < 4.78 is 17.4. The van der Waals surface area contributed by atoms with Crippen molar-refractivity contribution < 1.29 is 14.2 Å². The molecule has 1 saturated carbocycles. The number of hydrogen-bond donors (Lipinski definition) is 0. The lowest BCUT2D eigenvalue weighted by Gasteiger charge is -2.26. The predicted octanol–water partition coefficient (Wildman–Crippen LogP) is 3.67. The van der Waals surface area contributed by atoms with Gasteiger partial charge in [-0.15, -0.1) is 0 Å². The molecule has 1 saturated heterocycles. The van der Waals surface area contributed by atoms with E-state index in [2.05, 4.69) is 23.1 Å². The first-order chi connectivity index (χ1) is 11.8. The van der Waals surface area contributed by atoms with E-state index in [-0.39, 0.29) is 0 Å². The quantitative estimate of drug-likeness (QED) is 0.726. The minimum Gasteiger partial charge on any atom is -0.490 e. The van der Waals surface area contributed by atoms with Gasteiger partial charge in [-0.25, -0.2) is 0 Å². The molecule has 0 radical (unpaired) electrons. The third-order valence-corrected chi connectivity index (χ3v) is 4.95. The molecule has 1 aliphatic heterocycles. The largest absolute Gasteiger partial charge is 0.490 e. The van der Waals surface area contributed by atoms with Crippen LogP contribution in [0.1, 0.15) is 44.6 Å². The summed E-state index contributed by atoms with van der Waals surface area (Å²) in [5.74, 6) is 1.83. The molecule has 1 aromatic carbocycles. The monoisotopic (exact) mass is 333 g/mol. The van der Waals surface area contributed by atoms with E-state index in [0.717, 1.165) is 50.8 Å². The normalized spacial score (nSPS) is 19.5. The van der Waals surface area contributed by atoms with Crippen LogP contribution in [-0.4, -0.2) is 50.5 Å². The summed E-state index contributed by atoms with van der Waals surface area (Å²) in [5.41, 5.74) is 1.34. The standard InChI is InChI=1S/C20H31NO3/c1-2-23-20-16-17(6-5-11-21-12-14-22-15-13-21)9-10-19(20)24-18-7-3-4-8-18/h9-10,16,18H,2-8,11-15H2,1H3. The third kappa shape index (κ3) is 5.12. The number of rotatable bonds is 8. The Bertz CT molecular complexity index is 494. The highest BCUT2D eigenvalue weighted by atomic mass is 16.5. The molecule has 2 aliphatic rings. The van der Waals surface area contributed by atoms with Crippen molar-refractivity contribution in [3.05, 3.63) is 23.8 Å². The zero-order chi connectivity index (χ0) is 16.6. The maximum Gasteiger partial charge on any atom is 0.161 e. The molecule has 0 atom stereocenters. The molecular weight excluding hydrogens is 302 g/mol. The highest BCUT2D eigenvalue weighted by molar-refractivity contribution is 5.43. The van der Waals surface area contributed by atoms with Gasteiger partial charge in [0.25, 0.3) is 0 Å². The summed E-state index contributed by atoms with van der Waals surface area (Å²) in [4.78, 5) is 2.49. The molecule has 4 nitrogen and oxygen atoms in total. The minimum absolute atomic E-state index is 0.372. The van der Waals surface area contributed by atoms with Crippen molar-refractivity contribution in [1.29, 1.82) is 0 Å². The van der Waals surface area contributed by atoms with Gasteiger partial charge in [0.05, 0.1) is 25.9 Å². The molecule has 1 heterocycles. The average molecular weight is 333 g/mol. The molecule has 0 bridgehead atoms. The number of nitrogens with zero attached hydrogens (tertiary/aromatic N) is 1. The van der Waals surface area contributed by atoms with Gasteiger partial charge in [-0.05, 0) is 69.7 Å². The van der Waals surface area contributed by atoms with Crippen molar-refractivity contribution in [3.8, 4) is 11.5 Å². The second-order valence-corrected chi connectivity index (χ2v) is 6.80. The Labute approximate surface area is 146 Å². The van der Waals surface area contributed by atoms with Gasteiger partial charge < -0.3 is 14.2 Å². The lowest BCUT2D eigenvalue weighted by atomic mass is 10.1. The van der Waals surface area contributed by atoms with Crippen LogP contribution >= 0.6 is 0 Å². The second-order valence-electron chi connectivity index (χ2n) is 6.80. The Balaban J connectivity index is 1.53. The summed E-state index contributed by atoms with van der Waals surface area (Å²) in [6.45, 7) is 7.75. The Morgan fingerprint density at radius 3 is 2.67 bits per heavy atom. The SMILES string of the molecule is CCOc1cc(CCCN2CCOCC2)ccc1OC1CCCC1. The first-order valence-electron chi connectivity index (χ1n) is 9.57. The fourth-order valence-electron chi connectivity index (χ4n) is 3.59. The molecule has 3 rings (SSSR count). The van der Waals surface area contributed by atoms with Crippen LogP contribution in [0.5, 0.6) is 11.5 Å². The topological polar surface area (TPSA) is 30.9 Å². The lowest BCUT2D eigenvalue weighted by Crippen LogP contribution is -2.36. The van der Waals surface area contributed by atoms with Crippen molar-refractivity contribution in [1.82, 2.24) is 4.90 Å². The van der Waals surface area contributed by atoms with Gasteiger partial charge in [0, 0.05) is 13.1 Å². The van der Waals surface area contributed by atoms with E-state index in [1.165, 1.54) is 37.7 Å². The first-order valence-corrected chi connectivity index (χ1v) is 9.57. The zero-order valence-corrected chi connectivity index (χ0v) is 15.0. The van der Waals surface area contributed by atoms with E-state index in [0.29, 0.717) is 12.7 Å². The van der Waals surface area contributed by atoms with Gasteiger partial charge in [0.15, 0.2) is 11.5 Å². The molecule has 0 unspecified atom stereocenters. The number of hydrogen-bond acceptors (Lipinski definition) is 4. The smallest absolute Gasteiger partial charge is 0.161 e. The van der Waals surface area contributed by atoms with Crippen molar-refractivity contribution >= 4 is 0 Å². The molecule has 134 valence electrons. The fraction of sp³-hybridized carbons (Fsp3) is 0.700. The Morgan fingerprint density at radius 2 is 1.92 bits per heavy atom. The number of morpholine rings is 1. The van der Waals surface area contributed by atoms with Crippen molar-refractivity contribution in [3.63, 3.8) is 0 Å². The molecule has 1 aromatic rings. The number of ether oxygens (including phenoxy) is 3. The van der Waals surface area contributed by atoms with Gasteiger partial charge in [0.1, 0.15) is 0 Å². The van der Waals surface area contributed by atoms with E-state index < -0.39 is 0 Å². The highest BCUT2D eigenvalue weighted by Gasteiger charge is 2.18. The first kappa shape index (κ1) is 17.6. The summed E-state index contributed by atoms with van der Waals surface area (Å²) in [5, 5.41) is 0.